The van der Waals surface area contributed by atoms with Crippen LogP contribution < -0.4 is 10.6 Å². The van der Waals surface area contributed by atoms with Crippen LogP contribution in [0.15, 0.2) is 17.5 Å². The molecule has 1 fully saturated rings. The summed E-state index contributed by atoms with van der Waals surface area (Å²) < 4.78 is 5.18. The lowest BCUT2D eigenvalue weighted by atomic mass is 9.85. The topological polar surface area (TPSA) is 87.7 Å². The third-order valence-corrected chi connectivity index (χ3v) is 4.42. The Bertz CT molecular complexity index is 477. The molecule has 2 heterocycles. The highest BCUT2D eigenvalue weighted by Crippen LogP contribution is 2.28. The van der Waals surface area contributed by atoms with Crippen LogP contribution in [-0.4, -0.2) is 42.9 Å². The van der Waals surface area contributed by atoms with Gasteiger partial charge in [0, 0.05) is 11.4 Å². The maximum absolute atomic E-state index is 11.8. The van der Waals surface area contributed by atoms with Gasteiger partial charge in [0.2, 0.25) is 0 Å². The van der Waals surface area contributed by atoms with Crippen molar-refractivity contribution in [3.8, 4) is 0 Å². The minimum atomic E-state index is -1.06. The van der Waals surface area contributed by atoms with Crippen LogP contribution in [0.1, 0.15) is 11.8 Å². The molecule has 2 amide bonds. The summed E-state index contributed by atoms with van der Waals surface area (Å²) in [5.41, 5.74) is -1.06. The fraction of sp³-hybridized carbons (Fsp3) is 0.538. The number of aliphatic carboxylic acids is 1. The number of carbonyl (C=O) groups is 2. The Labute approximate surface area is 121 Å². The van der Waals surface area contributed by atoms with E-state index in [1.165, 1.54) is 4.88 Å². The summed E-state index contributed by atoms with van der Waals surface area (Å²) in [6.45, 7) is 2.44. The zero-order chi connectivity index (χ0) is 14.6. The molecule has 2 rings (SSSR count). The van der Waals surface area contributed by atoms with E-state index in [1.807, 2.05) is 17.5 Å². The maximum atomic E-state index is 11.8. The van der Waals surface area contributed by atoms with E-state index in [2.05, 4.69) is 10.6 Å². The standard InChI is InChI=1S/C13H18N2O4S/c1-13(11(16)17)8-19-7-10(13)15-12(18)14-5-4-9-3-2-6-20-9/h2-3,6,10H,4-5,7-8H2,1H3,(H,16,17)(H2,14,15,18). The highest BCUT2D eigenvalue weighted by Gasteiger charge is 2.47. The van der Waals surface area contributed by atoms with Gasteiger partial charge < -0.3 is 20.5 Å². The lowest BCUT2D eigenvalue weighted by molar-refractivity contribution is -0.148. The molecule has 1 aromatic rings. The molecule has 2 atom stereocenters. The number of carboxylic acids is 1. The van der Waals surface area contributed by atoms with E-state index in [-0.39, 0.29) is 19.2 Å². The molecular formula is C13H18N2O4S. The lowest BCUT2D eigenvalue weighted by Gasteiger charge is -2.25. The Hall–Kier alpha value is -1.60. The van der Waals surface area contributed by atoms with Gasteiger partial charge in [0.15, 0.2) is 0 Å². The van der Waals surface area contributed by atoms with E-state index in [0.717, 1.165) is 6.42 Å². The van der Waals surface area contributed by atoms with E-state index in [0.29, 0.717) is 6.54 Å². The molecule has 0 radical (unpaired) electrons. The Kier molecular flexibility index (Phi) is 4.61. The highest BCUT2D eigenvalue weighted by atomic mass is 32.1. The van der Waals surface area contributed by atoms with Crippen molar-refractivity contribution in [2.24, 2.45) is 5.41 Å². The highest BCUT2D eigenvalue weighted by molar-refractivity contribution is 7.09. The van der Waals surface area contributed by atoms with Gasteiger partial charge in [0.1, 0.15) is 5.41 Å². The summed E-state index contributed by atoms with van der Waals surface area (Å²) in [4.78, 5) is 24.2. The number of carboxylic acid groups (broad SMARTS) is 1. The van der Waals surface area contributed by atoms with Gasteiger partial charge in [-0.25, -0.2) is 4.79 Å². The normalized spacial score (nSPS) is 25.4. The van der Waals surface area contributed by atoms with Gasteiger partial charge in [-0.3, -0.25) is 4.79 Å². The number of ether oxygens (including phenoxy) is 1. The first-order valence-electron chi connectivity index (χ1n) is 6.40. The van der Waals surface area contributed by atoms with Crippen molar-refractivity contribution in [2.45, 2.75) is 19.4 Å². The number of rotatable bonds is 5. The average molecular weight is 298 g/mol. The van der Waals surface area contributed by atoms with Gasteiger partial charge >= 0.3 is 12.0 Å². The maximum Gasteiger partial charge on any atom is 0.315 e. The molecule has 6 nitrogen and oxygen atoms in total. The summed E-state index contributed by atoms with van der Waals surface area (Å²) in [5, 5.41) is 16.6. The number of carbonyl (C=O) groups excluding carboxylic acids is 1. The smallest absolute Gasteiger partial charge is 0.315 e. The Morgan fingerprint density at radius 2 is 2.40 bits per heavy atom. The molecule has 0 aliphatic carbocycles. The quantitative estimate of drug-likeness (QED) is 0.759. The van der Waals surface area contributed by atoms with Gasteiger partial charge in [-0.2, -0.15) is 0 Å². The van der Waals surface area contributed by atoms with Crippen LogP contribution in [0.3, 0.4) is 0 Å². The number of urea groups is 1. The van der Waals surface area contributed by atoms with Crippen molar-refractivity contribution in [3.05, 3.63) is 22.4 Å². The molecule has 20 heavy (non-hydrogen) atoms. The van der Waals surface area contributed by atoms with Crippen LogP contribution in [0.4, 0.5) is 4.79 Å². The molecule has 1 aromatic heterocycles. The molecule has 7 heteroatoms. The first kappa shape index (κ1) is 14.8. The van der Waals surface area contributed by atoms with Crippen LogP contribution in [0.5, 0.6) is 0 Å². The van der Waals surface area contributed by atoms with Crippen molar-refractivity contribution < 1.29 is 19.4 Å². The van der Waals surface area contributed by atoms with E-state index >= 15 is 0 Å². The van der Waals surface area contributed by atoms with Crippen LogP contribution >= 0.6 is 11.3 Å². The molecule has 1 aliphatic rings. The number of hydrogen-bond donors (Lipinski definition) is 3. The van der Waals surface area contributed by atoms with Gasteiger partial charge in [-0.05, 0) is 24.8 Å². The van der Waals surface area contributed by atoms with Gasteiger partial charge in [-0.15, -0.1) is 11.3 Å². The predicted octanol–water partition coefficient (Wildman–Crippen LogP) is 1.08. The second kappa shape index (κ2) is 6.23. The second-order valence-corrected chi connectivity index (χ2v) is 6.05. The molecule has 0 spiro atoms. The molecule has 1 saturated heterocycles. The number of thiophene rings is 1. The lowest BCUT2D eigenvalue weighted by Crippen LogP contribution is -2.52. The van der Waals surface area contributed by atoms with Gasteiger partial charge in [0.25, 0.3) is 0 Å². The van der Waals surface area contributed by atoms with Crippen LogP contribution in [0, 0.1) is 5.41 Å². The van der Waals surface area contributed by atoms with Crippen molar-refractivity contribution >= 4 is 23.3 Å². The third kappa shape index (κ3) is 3.29. The molecule has 3 N–H and O–H groups in total. The summed E-state index contributed by atoms with van der Waals surface area (Å²) >= 11 is 1.64. The largest absolute Gasteiger partial charge is 0.481 e. The monoisotopic (exact) mass is 298 g/mol. The Morgan fingerprint density at radius 1 is 1.60 bits per heavy atom. The van der Waals surface area contributed by atoms with Crippen molar-refractivity contribution in [3.63, 3.8) is 0 Å². The van der Waals surface area contributed by atoms with E-state index in [9.17, 15) is 14.7 Å². The Morgan fingerprint density at radius 3 is 3.05 bits per heavy atom. The minimum Gasteiger partial charge on any atom is -0.481 e. The van der Waals surface area contributed by atoms with Crippen LogP contribution in [-0.2, 0) is 16.0 Å². The zero-order valence-electron chi connectivity index (χ0n) is 11.2. The van der Waals surface area contributed by atoms with Crippen molar-refractivity contribution in [1.82, 2.24) is 10.6 Å². The molecule has 0 saturated carbocycles. The fourth-order valence-corrected chi connectivity index (χ4v) is 2.76. The fourth-order valence-electron chi connectivity index (χ4n) is 2.05. The third-order valence-electron chi connectivity index (χ3n) is 3.49. The zero-order valence-corrected chi connectivity index (χ0v) is 12.0. The average Bonchev–Trinajstić information content (AvgIpc) is 3.01. The van der Waals surface area contributed by atoms with Crippen LogP contribution in [0.2, 0.25) is 0 Å². The minimum absolute atomic E-state index is 0.114. The number of amides is 2. The number of hydrogen-bond acceptors (Lipinski definition) is 4. The second-order valence-electron chi connectivity index (χ2n) is 5.02. The molecular weight excluding hydrogens is 280 g/mol. The first-order chi connectivity index (χ1) is 9.52. The Balaban J connectivity index is 1.78. The predicted molar refractivity (Wildman–Crippen MR) is 74.9 cm³/mol. The summed E-state index contributed by atoms with van der Waals surface area (Å²) in [7, 11) is 0. The van der Waals surface area contributed by atoms with E-state index < -0.39 is 17.4 Å². The summed E-state index contributed by atoms with van der Waals surface area (Å²) in [5.74, 6) is -0.959. The summed E-state index contributed by atoms with van der Waals surface area (Å²) in [6.07, 6.45) is 0.766. The molecule has 0 aromatic carbocycles. The SMILES string of the molecule is CC1(C(=O)O)COCC1NC(=O)NCCc1cccs1. The van der Waals surface area contributed by atoms with E-state index in [1.54, 1.807) is 18.3 Å². The van der Waals surface area contributed by atoms with Crippen LogP contribution in [0.25, 0.3) is 0 Å². The first-order valence-corrected chi connectivity index (χ1v) is 7.28. The van der Waals surface area contributed by atoms with Gasteiger partial charge in [-0.1, -0.05) is 6.07 Å². The van der Waals surface area contributed by atoms with E-state index in [4.69, 9.17) is 4.74 Å². The van der Waals surface area contributed by atoms with Crippen molar-refractivity contribution in [2.75, 3.05) is 19.8 Å². The number of nitrogens with one attached hydrogen (secondary N) is 2. The van der Waals surface area contributed by atoms with Gasteiger partial charge in [0.05, 0.1) is 19.3 Å². The molecule has 0 bridgehead atoms. The summed E-state index contributed by atoms with van der Waals surface area (Å²) in [6, 6.07) is 3.11. The molecule has 1 aliphatic heterocycles. The van der Waals surface area contributed by atoms with Crippen molar-refractivity contribution in [1.29, 1.82) is 0 Å². The molecule has 110 valence electrons. The molecule has 2 unspecified atom stereocenters.